The standard InChI is InChI=1S/C39H39ClN4O7S2/c1-5-50-37(48)33-29-17-18-44(38(49)51-39(2,3)4)22-31(29)53-36(33)43-32(45)23-52-28-16-10-15-27(21-28)41-35(47)30(20-24-11-9-14-26(40)19-24)42-34(46)25-12-7-6-8-13-25/h6-16,19-21H,5,17-18,22-23H2,1-4H3,(H,41,47)(H,42,46)(H,43,45)/b30-20-. The molecule has 0 bridgehead atoms. The number of nitrogens with zero attached hydrogens (tertiary/aromatic N) is 1. The molecule has 3 aromatic carbocycles. The molecule has 0 fully saturated rings. The summed E-state index contributed by atoms with van der Waals surface area (Å²) in [6.07, 6.45) is 1.50. The second-order valence-corrected chi connectivity index (χ2v) is 15.4. The maximum Gasteiger partial charge on any atom is 0.410 e. The number of rotatable bonds is 11. The van der Waals surface area contributed by atoms with Gasteiger partial charge < -0.3 is 30.3 Å². The van der Waals surface area contributed by atoms with Crippen LogP contribution in [0.15, 0.2) is 89.5 Å². The van der Waals surface area contributed by atoms with Crippen LogP contribution in [-0.2, 0) is 32.0 Å². The van der Waals surface area contributed by atoms with Crippen LogP contribution in [0.4, 0.5) is 15.5 Å². The van der Waals surface area contributed by atoms with Crippen LogP contribution in [0.25, 0.3) is 6.08 Å². The van der Waals surface area contributed by atoms with Crippen molar-refractivity contribution in [2.24, 2.45) is 0 Å². The molecule has 0 spiro atoms. The van der Waals surface area contributed by atoms with Crippen molar-refractivity contribution in [1.29, 1.82) is 0 Å². The van der Waals surface area contributed by atoms with E-state index in [0.717, 1.165) is 10.4 Å². The summed E-state index contributed by atoms with van der Waals surface area (Å²) < 4.78 is 10.9. The van der Waals surface area contributed by atoms with Gasteiger partial charge in [-0.15, -0.1) is 23.1 Å². The Morgan fingerprint density at radius 2 is 1.72 bits per heavy atom. The van der Waals surface area contributed by atoms with Crippen molar-refractivity contribution in [1.82, 2.24) is 10.2 Å². The number of benzene rings is 3. The molecular formula is C39H39ClN4O7S2. The largest absolute Gasteiger partial charge is 0.462 e. The molecule has 1 aliphatic rings. The Morgan fingerprint density at radius 3 is 2.43 bits per heavy atom. The third-order valence-corrected chi connectivity index (χ3v) is 9.95. The lowest BCUT2D eigenvalue weighted by molar-refractivity contribution is -0.114. The van der Waals surface area contributed by atoms with Gasteiger partial charge in [-0.3, -0.25) is 14.4 Å². The monoisotopic (exact) mass is 774 g/mol. The maximum atomic E-state index is 13.5. The molecule has 14 heteroatoms. The highest BCUT2D eigenvalue weighted by Crippen LogP contribution is 2.38. The van der Waals surface area contributed by atoms with Crippen LogP contribution in [0.5, 0.6) is 0 Å². The number of carbonyl (C=O) groups is 5. The van der Waals surface area contributed by atoms with Gasteiger partial charge in [0.1, 0.15) is 16.3 Å². The summed E-state index contributed by atoms with van der Waals surface area (Å²) in [5, 5.41) is 9.25. The van der Waals surface area contributed by atoms with E-state index in [2.05, 4.69) is 16.0 Å². The Kier molecular flexibility index (Phi) is 13.0. The van der Waals surface area contributed by atoms with E-state index in [9.17, 15) is 24.0 Å². The van der Waals surface area contributed by atoms with Gasteiger partial charge in [-0.05, 0) is 93.8 Å². The molecule has 4 aromatic rings. The molecule has 0 aliphatic carbocycles. The van der Waals surface area contributed by atoms with Gasteiger partial charge in [-0.1, -0.05) is 48.0 Å². The third-order valence-electron chi connectivity index (χ3n) is 7.59. The van der Waals surface area contributed by atoms with Crippen LogP contribution >= 0.6 is 34.7 Å². The van der Waals surface area contributed by atoms with Gasteiger partial charge in [0.05, 0.1) is 24.5 Å². The topological polar surface area (TPSA) is 143 Å². The molecule has 5 rings (SSSR count). The van der Waals surface area contributed by atoms with Crippen LogP contribution in [0.3, 0.4) is 0 Å². The molecule has 1 aliphatic heterocycles. The fourth-order valence-corrected chi connectivity index (χ4v) is 7.49. The summed E-state index contributed by atoms with van der Waals surface area (Å²) in [6, 6.07) is 22.4. The number of hydrogen-bond acceptors (Lipinski definition) is 9. The predicted octanol–water partition coefficient (Wildman–Crippen LogP) is 8.01. The van der Waals surface area contributed by atoms with Gasteiger partial charge in [0, 0.05) is 32.6 Å². The average molecular weight is 775 g/mol. The van der Waals surface area contributed by atoms with E-state index in [1.165, 1.54) is 29.2 Å². The number of thiophene rings is 1. The number of ether oxygens (including phenoxy) is 2. The van der Waals surface area contributed by atoms with E-state index in [-0.39, 0.29) is 30.5 Å². The fourth-order valence-electron chi connectivity index (χ4n) is 5.27. The SMILES string of the molecule is CCOC(=O)c1c(NC(=O)CSc2cccc(NC(=O)/C(=C/c3cccc(Cl)c3)NC(=O)c3ccccc3)c2)sc2c1CCN(C(=O)OC(C)(C)C)C2. The Labute approximate surface area is 321 Å². The van der Waals surface area contributed by atoms with Gasteiger partial charge in [0.15, 0.2) is 0 Å². The fraction of sp³-hybridized carbons (Fsp3) is 0.256. The minimum Gasteiger partial charge on any atom is -0.462 e. The number of esters is 1. The lowest BCUT2D eigenvalue weighted by Crippen LogP contribution is -2.39. The van der Waals surface area contributed by atoms with E-state index >= 15 is 0 Å². The molecule has 0 radical (unpaired) electrons. The maximum absolute atomic E-state index is 13.5. The zero-order chi connectivity index (χ0) is 38.1. The van der Waals surface area contributed by atoms with Crippen molar-refractivity contribution in [3.05, 3.63) is 117 Å². The molecule has 11 nitrogen and oxygen atoms in total. The summed E-state index contributed by atoms with van der Waals surface area (Å²) in [5.74, 6) is -1.91. The van der Waals surface area contributed by atoms with Crippen molar-refractivity contribution in [2.45, 2.75) is 51.2 Å². The smallest absolute Gasteiger partial charge is 0.410 e. The highest BCUT2D eigenvalue weighted by atomic mass is 35.5. The first-order chi connectivity index (χ1) is 25.3. The van der Waals surface area contributed by atoms with E-state index < -0.39 is 29.5 Å². The molecule has 4 amide bonds. The molecule has 0 saturated heterocycles. The Balaban J connectivity index is 1.26. The molecule has 276 valence electrons. The van der Waals surface area contributed by atoms with Gasteiger partial charge in [0.25, 0.3) is 11.8 Å². The average Bonchev–Trinajstić information content (AvgIpc) is 3.47. The quantitative estimate of drug-likeness (QED) is 0.0791. The molecule has 1 aromatic heterocycles. The second kappa shape index (κ2) is 17.6. The van der Waals surface area contributed by atoms with Crippen LogP contribution < -0.4 is 16.0 Å². The number of anilines is 2. The van der Waals surface area contributed by atoms with Crippen molar-refractivity contribution in [2.75, 3.05) is 29.5 Å². The minimum absolute atomic E-state index is 0.000677. The number of halogens is 1. The van der Waals surface area contributed by atoms with E-state index in [4.69, 9.17) is 21.1 Å². The summed E-state index contributed by atoms with van der Waals surface area (Å²) in [7, 11) is 0. The Hall–Kier alpha value is -5.11. The van der Waals surface area contributed by atoms with Crippen molar-refractivity contribution in [3.63, 3.8) is 0 Å². The van der Waals surface area contributed by atoms with Crippen molar-refractivity contribution < 1.29 is 33.4 Å². The second-order valence-electron chi connectivity index (χ2n) is 12.8. The highest BCUT2D eigenvalue weighted by molar-refractivity contribution is 8.00. The third kappa shape index (κ3) is 11.0. The predicted molar refractivity (Wildman–Crippen MR) is 208 cm³/mol. The highest BCUT2D eigenvalue weighted by Gasteiger charge is 2.32. The van der Waals surface area contributed by atoms with E-state index in [0.29, 0.717) is 50.3 Å². The molecular weight excluding hydrogens is 736 g/mol. The van der Waals surface area contributed by atoms with Crippen LogP contribution in [0.1, 0.15) is 64.4 Å². The molecule has 2 heterocycles. The molecule has 53 heavy (non-hydrogen) atoms. The Morgan fingerprint density at radius 1 is 0.962 bits per heavy atom. The minimum atomic E-state index is -0.650. The van der Waals surface area contributed by atoms with Crippen molar-refractivity contribution >= 4 is 81.2 Å². The summed E-state index contributed by atoms with van der Waals surface area (Å²) >= 11 is 8.63. The molecule has 3 N–H and O–H groups in total. The number of hydrogen-bond donors (Lipinski definition) is 3. The Bertz CT molecular complexity index is 2040. The molecule has 0 unspecified atom stereocenters. The van der Waals surface area contributed by atoms with E-state index in [1.807, 2.05) is 0 Å². The van der Waals surface area contributed by atoms with Crippen LogP contribution in [0, 0.1) is 0 Å². The van der Waals surface area contributed by atoms with Gasteiger partial charge in [-0.2, -0.15) is 0 Å². The normalized spacial score (nSPS) is 12.7. The lowest BCUT2D eigenvalue weighted by Gasteiger charge is -2.30. The first-order valence-electron chi connectivity index (χ1n) is 16.8. The first-order valence-corrected chi connectivity index (χ1v) is 18.9. The van der Waals surface area contributed by atoms with Gasteiger partial charge >= 0.3 is 12.1 Å². The van der Waals surface area contributed by atoms with Crippen LogP contribution in [0.2, 0.25) is 5.02 Å². The van der Waals surface area contributed by atoms with Gasteiger partial charge in [-0.25, -0.2) is 9.59 Å². The summed E-state index contributed by atoms with van der Waals surface area (Å²) in [4.78, 5) is 68.6. The van der Waals surface area contributed by atoms with E-state index in [1.54, 1.807) is 111 Å². The zero-order valence-corrected chi connectivity index (χ0v) is 32.0. The van der Waals surface area contributed by atoms with Crippen molar-refractivity contribution in [3.8, 4) is 0 Å². The molecule has 0 atom stereocenters. The number of amides is 4. The number of fused-ring (bicyclic) bond motifs is 1. The van der Waals surface area contributed by atoms with Crippen LogP contribution in [-0.4, -0.2) is 59.2 Å². The summed E-state index contributed by atoms with van der Waals surface area (Å²) in [6.45, 7) is 7.89. The molecule has 0 saturated carbocycles. The first kappa shape index (κ1) is 39.1. The number of carbonyl (C=O) groups excluding carboxylic acids is 5. The zero-order valence-electron chi connectivity index (χ0n) is 29.6. The number of nitrogens with one attached hydrogen (secondary N) is 3. The summed E-state index contributed by atoms with van der Waals surface area (Å²) in [5.41, 5.74) is 1.85. The number of thioether (sulfide) groups is 1. The lowest BCUT2D eigenvalue weighted by atomic mass is 10.0. The van der Waals surface area contributed by atoms with Gasteiger partial charge in [0.2, 0.25) is 5.91 Å².